The molecule has 8 nitrogen and oxygen atoms in total. The van der Waals surface area contributed by atoms with Crippen molar-refractivity contribution in [1.82, 2.24) is 14.5 Å². The summed E-state index contributed by atoms with van der Waals surface area (Å²) in [5, 5.41) is 13.7. The molecule has 0 saturated carbocycles. The Hall–Kier alpha value is -3.44. The topological polar surface area (TPSA) is 91.4 Å². The Bertz CT molecular complexity index is 1110. The molecule has 1 aliphatic heterocycles. The van der Waals surface area contributed by atoms with Crippen molar-refractivity contribution < 1.29 is 4.74 Å². The van der Waals surface area contributed by atoms with Gasteiger partial charge in [-0.3, -0.25) is 5.43 Å². The molecule has 0 spiro atoms. The van der Waals surface area contributed by atoms with Crippen LogP contribution in [0.1, 0.15) is 25.0 Å². The zero-order valence-corrected chi connectivity index (χ0v) is 17.3. The fourth-order valence-corrected chi connectivity index (χ4v) is 3.53. The second-order valence-electron chi connectivity index (χ2n) is 7.19. The molecule has 154 valence electrons. The molecule has 3 aromatic rings. The highest BCUT2D eigenvalue weighted by molar-refractivity contribution is 5.99. The van der Waals surface area contributed by atoms with Crippen LogP contribution < -0.4 is 10.3 Å². The Balaban J connectivity index is 1.69. The number of anilines is 2. The Labute approximate surface area is 175 Å². The Morgan fingerprint density at radius 3 is 2.90 bits per heavy atom. The van der Waals surface area contributed by atoms with E-state index in [9.17, 15) is 0 Å². The van der Waals surface area contributed by atoms with Crippen LogP contribution in [0.25, 0.3) is 11.2 Å². The molecule has 1 fully saturated rings. The van der Waals surface area contributed by atoms with Gasteiger partial charge in [0.2, 0.25) is 0 Å². The summed E-state index contributed by atoms with van der Waals surface area (Å²) < 4.78 is 7.25. The predicted octanol–water partition coefficient (Wildman–Crippen LogP) is 3.19. The summed E-state index contributed by atoms with van der Waals surface area (Å²) in [5.74, 6) is 0.620. The lowest BCUT2D eigenvalue weighted by molar-refractivity contribution is 0.123. The molecule has 2 aromatic heterocycles. The summed E-state index contributed by atoms with van der Waals surface area (Å²) in [5.41, 5.74) is 8.77. The average Bonchev–Trinajstić information content (AvgIpc) is 3.20. The predicted molar refractivity (Wildman–Crippen MR) is 118 cm³/mol. The smallest absolute Gasteiger partial charge is 0.165 e. The number of fused-ring (bicyclic) bond motifs is 1. The first kappa shape index (κ1) is 19.9. The van der Waals surface area contributed by atoms with Gasteiger partial charge in [0.1, 0.15) is 12.1 Å². The SMILES string of the molecule is CCc1cccc(/C(C)=N/Nc2cc(N3CCOCC3)c3ncn(CC#N)c3n2)c1. The molecular formula is C22H25N7O. The summed E-state index contributed by atoms with van der Waals surface area (Å²) in [4.78, 5) is 11.4. The largest absolute Gasteiger partial charge is 0.378 e. The summed E-state index contributed by atoms with van der Waals surface area (Å²) in [7, 11) is 0. The van der Waals surface area contributed by atoms with Crippen LogP contribution in [0.2, 0.25) is 0 Å². The number of ether oxygens (including phenoxy) is 1. The van der Waals surface area contributed by atoms with Gasteiger partial charge < -0.3 is 14.2 Å². The van der Waals surface area contributed by atoms with Crippen molar-refractivity contribution in [2.45, 2.75) is 26.8 Å². The van der Waals surface area contributed by atoms with Gasteiger partial charge in [-0.1, -0.05) is 25.1 Å². The van der Waals surface area contributed by atoms with E-state index in [4.69, 9.17) is 10.00 Å². The van der Waals surface area contributed by atoms with Gasteiger partial charge in [-0.05, 0) is 30.5 Å². The molecule has 3 heterocycles. The quantitative estimate of drug-likeness (QED) is 0.502. The molecule has 4 rings (SSSR count). The van der Waals surface area contributed by atoms with E-state index >= 15 is 0 Å². The number of hydrazone groups is 1. The minimum Gasteiger partial charge on any atom is -0.378 e. The van der Waals surface area contributed by atoms with E-state index in [0.717, 1.165) is 42.0 Å². The molecule has 0 unspecified atom stereocenters. The third kappa shape index (κ3) is 4.11. The lowest BCUT2D eigenvalue weighted by Gasteiger charge is -2.29. The van der Waals surface area contributed by atoms with E-state index in [-0.39, 0.29) is 6.54 Å². The van der Waals surface area contributed by atoms with E-state index in [1.54, 1.807) is 10.9 Å². The van der Waals surface area contributed by atoms with Crippen molar-refractivity contribution in [1.29, 1.82) is 5.26 Å². The normalized spacial score (nSPS) is 14.7. The van der Waals surface area contributed by atoms with Gasteiger partial charge in [0.05, 0.1) is 37.0 Å². The third-order valence-corrected chi connectivity index (χ3v) is 5.24. The number of nitriles is 1. The second kappa shape index (κ2) is 8.93. The summed E-state index contributed by atoms with van der Waals surface area (Å²) in [6, 6.07) is 12.5. The van der Waals surface area contributed by atoms with E-state index < -0.39 is 0 Å². The number of nitrogens with one attached hydrogen (secondary N) is 1. The number of hydrogen-bond donors (Lipinski definition) is 1. The van der Waals surface area contributed by atoms with Gasteiger partial charge in [0.15, 0.2) is 11.5 Å². The first-order valence-corrected chi connectivity index (χ1v) is 10.1. The number of benzene rings is 1. The first-order valence-electron chi connectivity index (χ1n) is 10.1. The van der Waals surface area contributed by atoms with E-state index in [1.807, 2.05) is 13.0 Å². The highest BCUT2D eigenvalue weighted by Crippen LogP contribution is 2.28. The number of imidazole rings is 1. The summed E-state index contributed by atoms with van der Waals surface area (Å²) in [6.45, 7) is 7.24. The maximum absolute atomic E-state index is 9.14. The zero-order valence-electron chi connectivity index (χ0n) is 17.3. The molecule has 1 saturated heterocycles. The lowest BCUT2D eigenvalue weighted by atomic mass is 10.1. The van der Waals surface area contributed by atoms with Crippen LogP contribution in [0.3, 0.4) is 0 Å². The minimum absolute atomic E-state index is 0.196. The molecule has 8 heteroatoms. The van der Waals surface area contributed by atoms with Crippen LogP contribution in [0.15, 0.2) is 41.8 Å². The van der Waals surface area contributed by atoms with Crippen LogP contribution >= 0.6 is 0 Å². The van der Waals surface area contributed by atoms with Crippen LogP contribution in [-0.2, 0) is 17.7 Å². The number of aromatic nitrogens is 3. The minimum atomic E-state index is 0.196. The maximum Gasteiger partial charge on any atom is 0.165 e. The van der Waals surface area contributed by atoms with Crippen LogP contribution in [0.5, 0.6) is 0 Å². The molecule has 30 heavy (non-hydrogen) atoms. The van der Waals surface area contributed by atoms with Gasteiger partial charge >= 0.3 is 0 Å². The molecule has 1 aromatic carbocycles. The fraction of sp³-hybridized carbons (Fsp3) is 0.364. The average molecular weight is 403 g/mol. The number of morpholine rings is 1. The molecule has 0 aliphatic carbocycles. The number of aryl methyl sites for hydroxylation is 1. The number of hydrogen-bond acceptors (Lipinski definition) is 7. The molecule has 0 amide bonds. The van der Waals surface area contributed by atoms with E-state index in [2.05, 4.69) is 62.7 Å². The molecule has 0 radical (unpaired) electrons. The monoisotopic (exact) mass is 403 g/mol. The number of nitrogens with zero attached hydrogens (tertiary/aromatic N) is 6. The van der Waals surface area contributed by atoms with E-state index in [1.165, 1.54) is 5.56 Å². The van der Waals surface area contributed by atoms with Gasteiger partial charge in [-0.25, -0.2) is 9.97 Å². The van der Waals surface area contributed by atoms with Gasteiger partial charge in [0, 0.05) is 19.2 Å². The van der Waals surface area contributed by atoms with Crippen LogP contribution in [0, 0.1) is 11.3 Å². The van der Waals surface area contributed by atoms with Gasteiger partial charge in [0.25, 0.3) is 0 Å². The molecule has 0 atom stereocenters. The van der Waals surface area contributed by atoms with Crippen LogP contribution in [-0.4, -0.2) is 46.6 Å². The third-order valence-electron chi connectivity index (χ3n) is 5.24. The molecule has 0 bridgehead atoms. The Kier molecular flexibility index (Phi) is 5.91. The van der Waals surface area contributed by atoms with Crippen molar-refractivity contribution in [2.24, 2.45) is 5.10 Å². The second-order valence-corrected chi connectivity index (χ2v) is 7.19. The lowest BCUT2D eigenvalue weighted by Crippen LogP contribution is -2.36. The van der Waals surface area contributed by atoms with E-state index in [0.29, 0.717) is 24.7 Å². The Morgan fingerprint density at radius 2 is 2.13 bits per heavy atom. The van der Waals surface area contributed by atoms with Gasteiger partial charge in [-0.15, -0.1) is 0 Å². The molecular weight excluding hydrogens is 378 g/mol. The highest BCUT2D eigenvalue weighted by atomic mass is 16.5. The zero-order chi connectivity index (χ0) is 20.9. The van der Waals surface area contributed by atoms with Crippen molar-refractivity contribution in [2.75, 3.05) is 36.6 Å². The van der Waals surface area contributed by atoms with Crippen molar-refractivity contribution in [3.05, 3.63) is 47.8 Å². The fourth-order valence-electron chi connectivity index (χ4n) is 3.53. The standard InChI is InChI=1S/C22H25N7O/c1-3-17-5-4-6-18(13-17)16(2)26-27-20-14-19(28-9-11-30-12-10-28)21-22(25-20)29(8-7-23)15-24-21/h4-6,13-15H,3,8-12H2,1-2H3,(H,25,27)/b26-16+. The first-order chi connectivity index (χ1) is 14.7. The highest BCUT2D eigenvalue weighted by Gasteiger charge is 2.19. The summed E-state index contributed by atoms with van der Waals surface area (Å²) in [6.07, 6.45) is 2.65. The Morgan fingerprint density at radius 1 is 1.30 bits per heavy atom. The molecule has 1 aliphatic rings. The van der Waals surface area contributed by atoms with Gasteiger partial charge in [-0.2, -0.15) is 10.4 Å². The van der Waals surface area contributed by atoms with Crippen molar-refractivity contribution in [3.63, 3.8) is 0 Å². The van der Waals surface area contributed by atoms with Crippen molar-refractivity contribution >= 4 is 28.4 Å². The molecule has 1 N–H and O–H groups in total. The van der Waals surface area contributed by atoms with Crippen LogP contribution in [0.4, 0.5) is 11.5 Å². The number of pyridine rings is 1. The maximum atomic E-state index is 9.14. The number of rotatable bonds is 6. The summed E-state index contributed by atoms with van der Waals surface area (Å²) >= 11 is 0. The van der Waals surface area contributed by atoms with Crippen molar-refractivity contribution in [3.8, 4) is 6.07 Å².